The van der Waals surface area contributed by atoms with Crippen LogP contribution in [0.2, 0.25) is 0 Å². The second-order valence-electron chi connectivity index (χ2n) is 6.67. The van der Waals surface area contributed by atoms with Gasteiger partial charge in [0.05, 0.1) is 0 Å². The van der Waals surface area contributed by atoms with E-state index in [0.717, 1.165) is 9.40 Å². The Morgan fingerprint density at radius 2 is 1.71 bits per heavy atom. The van der Waals surface area contributed by atoms with E-state index in [9.17, 15) is 14.4 Å². The molecule has 2 aromatic carbocycles. The lowest BCUT2D eigenvalue weighted by atomic mass is 10.2. The van der Waals surface area contributed by atoms with E-state index in [-0.39, 0.29) is 29.8 Å². The fraction of sp³-hybridized carbons (Fsp3) is 0.286. The number of benzene rings is 2. The molecule has 0 saturated carbocycles. The molecule has 1 heterocycles. The molecule has 0 atom stereocenters. The maximum atomic E-state index is 12.7. The normalized spacial score (nSPS) is 11.0. The van der Waals surface area contributed by atoms with Gasteiger partial charge in [0, 0.05) is 39.2 Å². The zero-order valence-corrected chi connectivity index (χ0v) is 16.6. The number of carbonyl (C=O) groups is 2. The fourth-order valence-electron chi connectivity index (χ4n) is 2.66. The van der Waals surface area contributed by atoms with Crippen molar-refractivity contribution in [1.82, 2.24) is 10.6 Å². The highest BCUT2D eigenvalue weighted by Crippen LogP contribution is 2.27. The van der Waals surface area contributed by atoms with E-state index in [1.54, 1.807) is 23.5 Å². The molecule has 28 heavy (non-hydrogen) atoms. The van der Waals surface area contributed by atoms with E-state index < -0.39 is 0 Å². The smallest absolute Gasteiger partial charge is 0.258 e. The summed E-state index contributed by atoms with van der Waals surface area (Å²) in [4.78, 5) is 36.0. The van der Waals surface area contributed by atoms with Crippen LogP contribution in [0, 0.1) is 5.92 Å². The Labute approximate surface area is 166 Å². The number of amides is 2. The molecule has 2 N–H and O–H groups in total. The van der Waals surface area contributed by atoms with E-state index in [1.807, 2.05) is 44.2 Å². The molecule has 146 valence electrons. The molecule has 0 aliphatic heterocycles. The number of carbonyl (C=O) groups excluding carboxylic acids is 2. The van der Waals surface area contributed by atoms with Crippen molar-refractivity contribution < 1.29 is 14.3 Å². The Morgan fingerprint density at radius 3 is 2.50 bits per heavy atom. The molecule has 0 fully saturated rings. The predicted octanol–water partition coefficient (Wildman–Crippen LogP) is 2.68. The van der Waals surface area contributed by atoms with Crippen molar-refractivity contribution in [3.8, 4) is 5.75 Å². The van der Waals surface area contributed by atoms with Crippen LogP contribution >= 0.6 is 11.3 Å². The van der Waals surface area contributed by atoms with Crippen molar-refractivity contribution >= 4 is 43.3 Å². The topological polar surface area (TPSA) is 84.5 Å². The standard InChI is InChI=1S/C21H22N2O4S/c1-13(2)21(26)23-10-9-22-19(24)12-27-14-7-8-18-16(11-14)20(25)15-5-3-4-6-17(15)28-18/h3-8,11,13H,9-10,12H2,1-2H3,(H,22,24)(H,23,26). The predicted molar refractivity (Wildman–Crippen MR) is 112 cm³/mol. The summed E-state index contributed by atoms with van der Waals surface area (Å²) >= 11 is 1.55. The average molecular weight is 398 g/mol. The second-order valence-corrected chi connectivity index (χ2v) is 7.75. The lowest BCUT2D eigenvalue weighted by molar-refractivity contribution is -0.125. The lowest BCUT2D eigenvalue weighted by Crippen LogP contribution is -2.38. The summed E-state index contributed by atoms with van der Waals surface area (Å²) in [6, 6.07) is 12.8. The Kier molecular flexibility index (Phi) is 6.26. The van der Waals surface area contributed by atoms with Gasteiger partial charge < -0.3 is 15.4 Å². The first-order chi connectivity index (χ1) is 13.5. The molecular formula is C21H22N2O4S. The molecule has 7 heteroatoms. The molecule has 2 amide bonds. The highest BCUT2D eigenvalue weighted by Gasteiger charge is 2.09. The first-order valence-electron chi connectivity index (χ1n) is 9.08. The number of ether oxygens (including phenoxy) is 1. The monoisotopic (exact) mass is 398 g/mol. The highest BCUT2D eigenvalue weighted by atomic mass is 32.1. The molecule has 0 saturated heterocycles. The summed E-state index contributed by atoms with van der Waals surface area (Å²) in [5.74, 6) is 0.0393. The van der Waals surface area contributed by atoms with Gasteiger partial charge in [-0.25, -0.2) is 0 Å². The summed E-state index contributed by atoms with van der Waals surface area (Å²) in [6.45, 7) is 4.16. The molecule has 3 rings (SSSR count). The first-order valence-corrected chi connectivity index (χ1v) is 9.90. The number of fused-ring (bicyclic) bond motifs is 2. The van der Waals surface area contributed by atoms with E-state index in [0.29, 0.717) is 29.6 Å². The third-order valence-electron chi connectivity index (χ3n) is 4.19. The van der Waals surface area contributed by atoms with Crippen molar-refractivity contribution in [2.75, 3.05) is 19.7 Å². The van der Waals surface area contributed by atoms with Crippen molar-refractivity contribution in [3.63, 3.8) is 0 Å². The van der Waals surface area contributed by atoms with Gasteiger partial charge >= 0.3 is 0 Å². The van der Waals surface area contributed by atoms with Gasteiger partial charge in [-0.1, -0.05) is 26.0 Å². The summed E-state index contributed by atoms with van der Waals surface area (Å²) in [5.41, 5.74) is -0.0415. The zero-order valence-electron chi connectivity index (χ0n) is 15.8. The van der Waals surface area contributed by atoms with Gasteiger partial charge in [0.2, 0.25) is 5.91 Å². The van der Waals surface area contributed by atoms with Gasteiger partial charge in [-0.15, -0.1) is 11.3 Å². The van der Waals surface area contributed by atoms with Crippen LogP contribution in [0.15, 0.2) is 47.3 Å². The number of hydrogen-bond acceptors (Lipinski definition) is 5. The van der Waals surface area contributed by atoms with Crippen LogP contribution in [0.3, 0.4) is 0 Å². The molecule has 0 aliphatic carbocycles. The summed E-state index contributed by atoms with van der Waals surface area (Å²) in [5, 5.41) is 6.67. The minimum atomic E-state index is -0.289. The maximum Gasteiger partial charge on any atom is 0.258 e. The van der Waals surface area contributed by atoms with Crippen LogP contribution < -0.4 is 20.8 Å². The van der Waals surface area contributed by atoms with Crippen LogP contribution in [0.4, 0.5) is 0 Å². The minimum Gasteiger partial charge on any atom is -0.484 e. The van der Waals surface area contributed by atoms with E-state index >= 15 is 0 Å². The number of hydrogen-bond donors (Lipinski definition) is 2. The molecule has 0 bridgehead atoms. The van der Waals surface area contributed by atoms with Crippen molar-refractivity contribution in [2.45, 2.75) is 13.8 Å². The molecule has 0 unspecified atom stereocenters. The molecule has 3 aromatic rings. The molecule has 0 spiro atoms. The molecule has 0 aliphatic rings. The van der Waals surface area contributed by atoms with Crippen LogP contribution in [0.1, 0.15) is 13.8 Å². The maximum absolute atomic E-state index is 12.7. The molecular weight excluding hydrogens is 376 g/mol. The van der Waals surface area contributed by atoms with Gasteiger partial charge in [0.1, 0.15) is 5.75 Å². The summed E-state index contributed by atoms with van der Waals surface area (Å²) < 4.78 is 7.34. The van der Waals surface area contributed by atoms with E-state index in [4.69, 9.17) is 4.74 Å². The largest absolute Gasteiger partial charge is 0.484 e. The molecule has 1 aromatic heterocycles. The Bertz CT molecular complexity index is 1070. The quantitative estimate of drug-likeness (QED) is 0.473. The third-order valence-corrected chi connectivity index (χ3v) is 5.34. The van der Waals surface area contributed by atoms with Gasteiger partial charge in [0.15, 0.2) is 12.0 Å². The Morgan fingerprint density at radius 1 is 1.00 bits per heavy atom. The number of nitrogens with one attached hydrogen (secondary N) is 2. The molecule has 6 nitrogen and oxygen atoms in total. The van der Waals surface area contributed by atoms with Crippen LogP contribution in [-0.4, -0.2) is 31.5 Å². The van der Waals surface area contributed by atoms with Crippen LogP contribution in [0.5, 0.6) is 5.75 Å². The van der Waals surface area contributed by atoms with Crippen molar-refractivity contribution in [2.24, 2.45) is 5.92 Å². The molecule has 0 radical (unpaired) electrons. The van der Waals surface area contributed by atoms with Crippen molar-refractivity contribution in [1.29, 1.82) is 0 Å². The SMILES string of the molecule is CC(C)C(=O)NCCNC(=O)COc1ccc2sc3ccccc3c(=O)c2c1. The zero-order chi connectivity index (χ0) is 20.1. The number of rotatable bonds is 7. The second kappa shape index (κ2) is 8.84. The van der Waals surface area contributed by atoms with E-state index in [2.05, 4.69) is 10.6 Å². The van der Waals surface area contributed by atoms with Gasteiger partial charge in [0.25, 0.3) is 5.91 Å². The van der Waals surface area contributed by atoms with E-state index in [1.165, 1.54) is 0 Å². The Balaban J connectivity index is 1.59. The summed E-state index contributed by atoms with van der Waals surface area (Å²) in [6.07, 6.45) is 0. The Hall–Kier alpha value is -2.93. The average Bonchev–Trinajstić information content (AvgIpc) is 2.69. The third kappa shape index (κ3) is 4.67. The van der Waals surface area contributed by atoms with Crippen LogP contribution in [0.25, 0.3) is 20.2 Å². The van der Waals surface area contributed by atoms with Gasteiger partial charge in [-0.2, -0.15) is 0 Å². The van der Waals surface area contributed by atoms with Crippen molar-refractivity contribution in [3.05, 3.63) is 52.7 Å². The lowest BCUT2D eigenvalue weighted by Gasteiger charge is -2.10. The highest BCUT2D eigenvalue weighted by molar-refractivity contribution is 7.24. The summed E-state index contributed by atoms with van der Waals surface area (Å²) in [7, 11) is 0. The van der Waals surface area contributed by atoms with Crippen LogP contribution in [-0.2, 0) is 9.59 Å². The fourth-order valence-corrected chi connectivity index (χ4v) is 3.72. The first kappa shape index (κ1) is 19.8. The van der Waals surface area contributed by atoms with Gasteiger partial charge in [-0.05, 0) is 30.3 Å². The van der Waals surface area contributed by atoms with Gasteiger partial charge in [-0.3, -0.25) is 14.4 Å². The minimum absolute atomic E-state index is 0.0415.